The molecule has 0 atom stereocenters. The quantitative estimate of drug-likeness (QED) is 0.739. The van der Waals surface area contributed by atoms with Crippen LogP contribution in [0.15, 0.2) is 22.6 Å². The van der Waals surface area contributed by atoms with Gasteiger partial charge in [-0.15, -0.1) is 0 Å². The van der Waals surface area contributed by atoms with E-state index >= 15 is 0 Å². The maximum atomic E-state index is 12.6. The number of hydrogen-bond acceptors (Lipinski definition) is 2. The Bertz CT molecular complexity index is 513. The van der Waals surface area contributed by atoms with E-state index in [0.29, 0.717) is 5.89 Å². The summed E-state index contributed by atoms with van der Waals surface area (Å²) in [4.78, 5) is 4.02. The van der Waals surface area contributed by atoms with Crippen molar-refractivity contribution in [2.24, 2.45) is 0 Å². The molecule has 0 bridgehead atoms. The number of aromatic nitrogens is 1. The lowest BCUT2D eigenvalue weighted by Gasteiger charge is -2.05. The lowest BCUT2D eigenvalue weighted by molar-refractivity contribution is -0.136. The third kappa shape index (κ3) is 1.77. The number of benzene rings is 1. The van der Waals surface area contributed by atoms with Crippen molar-refractivity contribution in [2.75, 3.05) is 0 Å². The summed E-state index contributed by atoms with van der Waals surface area (Å²) in [6, 6.07) is 3.84. The van der Waals surface area contributed by atoms with E-state index in [1.165, 1.54) is 12.1 Å². The monoisotopic (exact) mass is 229 g/mol. The third-order valence-electron chi connectivity index (χ3n) is 2.23. The Morgan fingerprint density at radius 3 is 2.50 bits per heavy atom. The molecule has 5 heteroatoms. The molecule has 1 aromatic carbocycles. The molecular formula is C11H10F3NO. The zero-order valence-electron chi connectivity index (χ0n) is 8.80. The van der Waals surface area contributed by atoms with Crippen molar-refractivity contribution in [1.82, 2.24) is 4.98 Å². The first-order valence-corrected chi connectivity index (χ1v) is 4.86. The smallest absolute Gasteiger partial charge is 0.420 e. The highest BCUT2D eigenvalue weighted by molar-refractivity contribution is 5.77. The fraction of sp³-hybridized carbons (Fsp3) is 0.364. The summed E-state index contributed by atoms with van der Waals surface area (Å²) in [7, 11) is 0. The van der Waals surface area contributed by atoms with Crippen molar-refractivity contribution in [1.29, 1.82) is 0 Å². The fourth-order valence-corrected chi connectivity index (χ4v) is 1.44. The van der Waals surface area contributed by atoms with E-state index in [1.54, 1.807) is 0 Å². The molecule has 0 radical (unpaired) electrons. The Balaban J connectivity index is 2.68. The summed E-state index contributed by atoms with van der Waals surface area (Å²) in [5.74, 6) is 0.292. The van der Waals surface area contributed by atoms with Crippen molar-refractivity contribution < 1.29 is 17.6 Å². The molecule has 0 aliphatic heterocycles. The molecule has 0 N–H and O–H groups in total. The third-order valence-corrected chi connectivity index (χ3v) is 2.23. The number of nitrogens with zero attached hydrogens (tertiary/aromatic N) is 1. The van der Waals surface area contributed by atoms with Gasteiger partial charge in [-0.1, -0.05) is 19.9 Å². The van der Waals surface area contributed by atoms with Crippen LogP contribution in [0, 0.1) is 0 Å². The van der Waals surface area contributed by atoms with E-state index < -0.39 is 11.7 Å². The number of alkyl halides is 3. The van der Waals surface area contributed by atoms with Gasteiger partial charge in [-0.05, 0) is 12.1 Å². The van der Waals surface area contributed by atoms with Gasteiger partial charge in [0.2, 0.25) is 0 Å². The van der Waals surface area contributed by atoms with Crippen LogP contribution in [-0.2, 0) is 6.18 Å². The highest BCUT2D eigenvalue weighted by atomic mass is 19.4. The first kappa shape index (κ1) is 11.0. The molecule has 0 aliphatic carbocycles. The van der Waals surface area contributed by atoms with E-state index in [4.69, 9.17) is 4.42 Å². The van der Waals surface area contributed by atoms with Gasteiger partial charge in [0.05, 0.1) is 0 Å². The van der Waals surface area contributed by atoms with Crippen molar-refractivity contribution in [3.8, 4) is 0 Å². The molecule has 1 aromatic heterocycles. The molecule has 0 fully saturated rings. The first-order chi connectivity index (χ1) is 7.39. The van der Waals surface area contributed by atoms with Crippen LogP contribution in [0.5, 0.6) is 0 Å². The lowest BCUT2D eigenvalue weighted by Crippen LogP contribution is -2.04. The van der Waals surface area contributed by atoms with Gasteiger partial charge in [0.15, 0.2) is 11.5 Å². The average Bonchev–Trinajstić information content (AvgIpc) is 2.58. The summed E-state index contributed by atoms with van der Waals surface area (Å²) >= 11 is 0. The molecule has 2 aromatic rings. The highest BCUT2D eigenvalue weighted by Gasteiger charge is 2.34. The number of oxazole rings is 1. The highest BCUT2D eigenvalue weighted by Crippen LogP contribution is 2.35. The maximum Gasteiger partial charge on any atom is 0.420 e. The SMILES string of the molecule is CC(C)c1nc2cccc(C(F)(F)F)c2o1. The molecule has 0 aliphatic rings. The Labute approximate surface area is 90.1 Å². The molecule has 1 heterocycles. The predicted molar refractivity (Wildman–Crippen MR) is 53.1 cm³/mol. The second kappa shape index (κ2) is 3.50. The molecule has 0 saturated heterocycles. The number of rotatable bonds is 1. The van der Waals surface area contributed by atoms with Crippen LogP contribution in [0.3, 0.4) is 0 Å². The zero-order valence-corrected chi connectivity index (χ0v) is 8.80. The van der Waals surface area contributed by atoms with Gasteiger partial charge in [-0.2, -0.15) is 13.2 Å². The normalized spacial score (nSPS) is 12.6. The number of halogens is 3. The van der Waals surface area contributed by atoms with Crippen molar-refractivity contribution in [3.05, 3.63) is 29.7 Å². The van der Waals surface area contributed by atoms with Crippen LogP contribution < -0.4 is 0 Å². The number of hydrogen-bond donors (Lipinski definition) is 0. The van der Waals surface area contributed by atoms with Gasteiger partial charge in [0.1, 0.15) is 11.1 Å². The molecule has 16 heavy (non-hydrogen) atoms. The standard InChI is InChI=1S/C11H10F3NO/c1-6(2)10-15-8-5-3-4-7(9(8)16-10)11(12,13)14/h3-6H,1-2H3. The minimum Gasteiger partial charge on any atom is -0.440 e. The molecule has 0 unspecified atom stereocenters. The van der Waals surface area contributed by atoms with Gasteiger partial charge >= 0.3 is 6.18 Å². The van der Waals surface area contributed by atoms with Gasteiger partial charge in [-0.3, -0.25) is 0 Å². The Hall–Kier alpha value is -1.52. The van der Waals surface area contributed by atoms with E-state index in [9.17, 15) is 13.2 Å². The van der Waals surface area contributed by atoms with E-state index in [2.05, 4.69) is 4.98 Å². The van der Waals surface area contributed by atoms with Gasteiger partial charge in [0.25, 0.3) is 0 Å². The topological polar surface area (TPSA) is 26.0 Å². The largest absolute Gasteiger partial charge is 0.440 e. The van der Waals surface area contributed by atoms with E-state index in [-0.39, 0.29) is 17.0 Å². The number of fused-ring (bicyclic) bond motifs is 1. The Morgan fingerprint density at radius 1 is 1.25 bits per heavy atom. The zero-order chi connectivity index (χ0) is 11.9. The summed E-state index contributed by atoms with van der Waals surface area (Å²) < 4.78 is 43.1. The Kier molecular flexibility index (Phi) is 2.40. The van der Waals surface area contributed by atoms with Gasteiger partial charge in [0, 0.05) is 5.92 Å². The molecule has 0 amide bonds. The molecule has 2 rings (SSSR count). The van der Waals surface area contributed by atoms with Crippen molar-refractivity contribution in [3.63, 3.8) is 0 Å². The maximum absolute atomic E-state index is 12.6. The number of para-hydroxylation sites is 1. The molecule has 2 nitrogen and oxygen atoms in total. The minimum absolute atomic E-state index is 0.0338. The first-order valence-electron chi connectivity index (χ1n) is 4.86. The van der Waals surface area contributed by atoms with Crippen LogP contribution in [0.1, 0.15) is 31.2 Å². The van der Waals surface area contributed by atoms with E-state index in [1.807, 2.05) is 13.8 Å². The average molecular weight is 229 g/mol. The second-order valence-electron chi connectivity index (χ2n) is 3.86. The predicted octanol–water partition coefficient (Wildman–Crippen LogP) is 3.97. The van der Waals surface area contributed by atoms with Crippen LogP contribution >= 0.6 is 0 Å². The summed E-state index contributed by atoms with van der Waals surface area (Å²) in [5.41, 5.74) is -0.707. The van der Waals surface area contributed by atoms with Gasteiger partial charge in [-0.25, -0.2) is 4.98 Å². The van der Waals surface area contributed by atoms with Crippen LogP contribution in [0.4, 0.5) is 13.2 Å². The fourth-order valence-electron chi connectivity index (χ4n) is 1.44. The second-order valence-corrected chi connectivity index (χ2v) is 3.86. The molecule has 0 saturated carbocycles. The van der Waals surface area contributed by atoms with Gasteiger partial charge < -0.3 is 4.42 Å². The van der Waals surface area contributed by atoms with Crippen LogP contribution in [0.25, 0.3) is 11.1 Å². The summed E-state index contributed by atoms with van der Waals surface area (Å²) in [6.07, 6.45) is -4.41. The van der Waals surface area contributed by atoms with Crippen LogP contribution in [-0.4, -0.2) is 4.98 Å². The molecular weight excluding hydrogens is 219 g/mol. The molecule has 0 spiro atoms. The lowest BCUT2D eigenvalue weighted by atomic mass is 10.2. The Morgan fingerprint density at radius 2 is 1.94 bits per heavy atom. The summed E-state index contributed by atoms with van der Waals surface area (Å²) in [6.45, 7) is 3.63. The van der Waals surface area contributed by atoms with Crippen molar-refractivity contribution in [2.45, 2.75) is 25.9 Å². The van der Waals surface area contributed by atoms with Crippen LogP contribution in [0.2, 0.25) is 0 Å². The summed E-state index contributed by atoms with van der Waals surface area (Å²) in [5, 5.41) is 0. The van der Waals surface area contributed by atoms with Crippen molar-refractivity contribution >= 4 is 11.1 Å². The minimum atomic E-state index is -4.41. The van der Waals surface area contributed by atoms with E-state index in [0.717, 1.165) is 6.07 Å². The molecule has 86 valence electrons.